The van der Waals surface area contributed by atoms with Crippen molar-refractivity contribution in [1.82, 2.24) is 15.0 Å². The van der Waals surface area contributed by atoms with Crippen LogP contribution in [0.4, 0.5) is 17.2 Å². The summed E-state index contributed by atoms with van der Waals surface area (Å²) in [5, 5.41) is 12.0. The number of aromatic nitrogens is 3. The first-order chi connectivity index (χ1) is 13.5. The van der Waals surface area contributed by atoms with Gasteiger partial charge in [0.1, 0.15) is 0 Å². The summed E-state index contributed by atoms with van der Waals surface area (Å²) >= 11 is 0. The van der Waals surface area contributed by atoms with Crippen molar-refractivity contribution in [2.45, 2.75) is 12.5 Å². The van der Waals surface area contributed by atoms with Gasteiger partial charge in [0, 0.05) is 24.8 Å². The quantitative estimate of drug-likeness (QED) is 0.662. The normalized spacial score (nSPS) is 16.9. The van der Waals surface area contributed by atoms with Crippen LogP contribution in [0.25, 0.3) is 5.69 Å². The summed E-state index contributed by atoms with van der Waals surface area (Å²) in [5.41, 5.74) is 2.41. The highest BCUT2D eigenvalue weighted by atomic mass is 32.2. The minimum atomic E-state index is -3.29. The Balaban J connectivity index is 1.40. The molecule has 0 saturated carbocycles. The standard InChI is InChI=1S/C19H22N6O2S/c1-28(26,27)22-16-7-5-6-15(12-16)20-17-10-11-24(13-17)19-14-25(23-21-19)18-8-3-2-4-9-18/h2-9,12,14,17,20,22H,10-11,13H2,1H3. The van der Waals surface area contributed by atoms with Crippen LogP contribution < -0.4 is 14.9 Å². The predicted molar refractivity (Wildman–Crippen MR) is 111 cm³/mol. The van der Waals surface area contributed by atoms with Gasteiger partial charge in [-0.2, -0.15) is 0 Å². The minimum Gasteiger partial charge on any atom is -0.380 e. The van der Waals surface area contributed by atoms with E-state index in [4.69, 9.17) is 0 Å². The van der Waals surface area contributed by atoms with E-state index in [1.807, 2.05) is 48.7 Å². The average Bonchev–Trinajstić information content (AvgIpc) is 3.31. The Morgan fingerprint density at radius 2 is 1.86 bits per heavy atom. The molecule has 1 atom stereocenters. The predicted octanol–water partition coefficient (Wildman–Crippen LogP) is 2.33. The molecule has 2 aromatic carbocycles. The summed E-state index contributed by atoms with van der Waals surface area (Å²) in [6, 6.07) is 17.4. The fraction of sp³-hybridized carbons (Fsp3) is 0.263. The van der Waals surface area contributed by atoms with Gasteiger partial charge in [0.15, 0.2) is 5.82 Å². The lowest BCUT2D eigenvalue weighted by Gasteiger charge is -2.17. The molecule has 0 spiro atoms. The fourth-order valence-corrected chi connectivity index (χ4v) is 3.87. The van der Waals surface area contributed by atoms with Crippen LogP contribution in [0.5, 0.6) is 0 Å². The molecular weight excluding hydrogens is 376 g/mol. The first-order valence-corrected chi connectivity index (χ1v) is 10.9. The molecule has 1 aromatic heterocycles. The van der Waals surface area contributed by atoms with Gasteiger partial charge in [-0.3, -0.25) is 4.72 Å². The molecule has 0 bridgehead atoms. The van der Waals surface area contributed by atoms with Gasteiger partial charge in [-0.15, -0.1) is 5.10 Å². The smallest absolute Gasteiger partial charge is 0.229 e. The molecule has 8 nitrogen and oxygen atoms in total. The molecule has 0 aliphatic carbocycles. The molecule has 1 fully saturated rings. The van der Waals surface area contributed by atoms with Gasteiger partial charge in [-0.1, -0.05) is 29.5 Å². The SMILES string of the molecule is CS(=O)(=O)Nc1cccc(NC2CCN(c3cn(-c4ccccc4)nn3)C2)c1. The summed E-state index contributed by atoms with van der Waals surface area (Å²) in [5.74, 6) is 0.848. The molecule has 2 N–H and O–H groups in total. The van der Waals surface area contributed by atoms with E-state index in [9.17, 15) is 8.42 Å². The highest BCUT2D eigenvalue weighted by Crippen LogP contribution is 2.23. The maximum Gasteiger partial charge on any atom is 0.229 e. The zero-order chi connectivity index (χ0) is 19.6. The maximum atomic E-state index is 11.4. The minimum absolute atomic E-state index is 0.246. The lowest BCUT2D eigenvalue weighted by Crippen LogP contribution is -2.26. The highest BCUT2D eigenvalue weighted by molar-refractivity contribution is 7.92. The summed E-state index contributed by atoms with van der Waals surface area (Å²) in [4.78, 5) is 2.20. The number of rotatable bonds is 6. The topological polar surface area (TPSA) is 92.2 Å². The van der Waals surface area contributed by atoms with E-state index >= 15 is 0 Å². The number of benzene rings is 2. The molecular formula is C19H22N6O2S. The molecule has 28 heavy (non-hydrogen) atoms. The number of anilines is 3. The zero-order valence-electron chi connectivity index (χ0n) is 15.5. The monoisotopic (exact) mass is 398 g/mol. The molecule has 3 aromatic rings. The lowest BCUT2D eigenvalue weighted by atomic mass is 10.2. The highest BCUT2D eigenvalue weighted by Gasteiger charge is 2.24. The van der Waals surface area contributed by atoms with Gasteiger partial charge in [-0.25, -0.2) is 13.1 Å². The Labute approximate surface area is 164 Å². The Morgan fingerprint density at radius 3 is 2.64 bits per heavy atom. The van der Waals surface area contributed by atoms with Crippen LogP contribution in [0.1, 0.15) is 6.42 Å². The summed E-state index contributed by atoms with van der Waals surface area (Å²) in [6.07, 6.45) is 4.04. The number of hydrogen-bond donors (Lipinski definition) is 2. The van der Waals surface area contributed by atoms with Gasteiger partial charge < -0.3 is 10.2 Å². The Morgan fingerprint density at radius 1 is 1.07 bits per heavy atom. The van der Waals surface area contributed by atoms with E-state index in [1.165, 1.54) is 0 Å². The van der Waals surface area contributed by atoms with Crippen molar-refractivity contribution in [1.29, 1.82) is 0 Å². The van der Waals surface area contributed by atoms with Crippen molar-refractivity contribution in [2.75, 3.05) is 34.3 Å². The van der Waals surface area contributed by atoms with Crippen LogP contribution in [0.3, 0.4) is 0 Å². The van der Waals surface area contributed by atoms with E-state index in [2.05, 4.69) is 25.3 Å². The van der Waals surface area contributed by atoms with Crippen LogP contribution in [-0.2, 0) is 10.0 Å². The first kappa shape index (κ1) is 18.3. The number of hydrogen-bond acceptors (Lipinski definition) is 6. The summed E-state index contributed by atoms with van der Waals surface area (Å²) in [6.45, 7) is 1.68. The number of sulfonamides is 1. The molecule has 0 radical (unpaired) electrons. The second-order valence-electron chi connectivity index (χ2n) is 6.89. The van der Waals surface area contributed by atoms with Gasteiger partial charge in [-0.05, 0) is 36.8 Å². The van der Waals surface area contributed by atoms with Crippen molar-refractivity contribution in [3.63, 3.8) is 0 Å². The van der Waals surface area contributed by atoms with Crippen molar-refractivity contribution in [3.05, 3.63) is 60.8 Å². The molecule has 1 aliphatic heterocycles. The van der Waals surface area contributed by atoms with E-state index in [0.717, 1.165) is 43.0 Å². The number of nitrogens with zero attached hydrogens (tertiary/aromatic N) is 4. The average molecular weight is 398 g/mol. The first-order valence-electron chi connectivity index (χ1n) is 9.03. The Bertz CT molecular complexity index is 1050. The molecule has 9 heteroatoms. The van der Waals surface area contributed by atoms with E-state index in [0.29, 0.717) is 5.69 Å². The second kappa shape index (κ2) is 7.51. The molecule has 1 unspecified atom stereocenters. The largest absolute Gasteiger partial charge is 0.380 e. The van der Waals surface area contributed by atoms with Crippen LogP contribution in [0.2, 0.25) is 0 Å². The van der Waals surface area contributed by atoms with Crippen molar-refractivity contribution >= 4 is 27.2 Å². The number of para-hydroxylation sites is 1. The van der Waals surface area contributed by atoms with Gasteiger partial charge in [0.25, 0.3) is 0 Å². The third-order valence-corrected chi connectivity index (χ3v) is 5.16. The van der Waals surface area contributed by atoms with Gasteiger partial charge in [0.05, 0.1) is 23.8 Å². The van der Waals surface area contributed by atoms with Gasteiger partial charge in [0.2, 0.25) is 10.0 Å². The fourth-order valence-electron chi connectivity index (χ4n) is 3.32. The van der Waals surface area contributed by atoms with E-state index in [1.54, 1.807) is 16.8 Å². The lowest BCUT2D eigenvalue weighted by molar-refractivity contribution is 0.607. The Hall–Kier alpha value is -3.07. The molecule has 146 valence electrons. The van der Waals surface area contributed by atoms with Gasteiger partial charge >= 0.3 is 0 Å². The molecule has 1 aliphatic rings. The third kappa shape index (κ3) is 4.42. The van der Waals surface area contributed by atoms with Crippen molar-refractivity contribution in [3.8, 4) is 5.69 Å². The molecule has 4 rings (SSSR count). The maximum absolute atomic E-state index is 11.4. The number of nitrogens with one attached hydrogen (secondary N) is 2. The molecule has 2 heterocycles. The molecule has 0 amide bonds. The zero-order valence-corrected chi connectivity index (χ0v) is 16.3. The molecule has 1 saturated heterocycles. The van der Waals surface area contributed by atoms with Crippen LogP contribution >= 0.6 is 0 Å². The van der Waals surface area contributed by atoms with Crippen LogP contribution in [-0.4, -0.2) is 48.8 Å². The summed E-state index contributed by atoms with van der Waals surface area (Å²) in [7, 11) is -3.29. The second-order valence-corrected chi connectivity index (χ2v) is 8.64. The van der Waals surface area contributed by atoms with E-state index in [-0.39, 0.29) is 6.04 Å². The van der Waals surface area contributed by atoms with Crippen molar-refractivity contribution in [2.24, 2.45) is 0 Å². The van der Waals surface area contributed by atoms with E-state index < -0.39 is 10.0 Å². The van der Waals surface area contributed by atoms with Crippen molar-refractivity contribution < 1.29 is 8.42 Å². The third-order valence-electron chi connectivity index (χ3n) is 4.55. The Kier molecular flexibility index (Phi) is 4.91. The van der Waals surface area contributed by atoms with Crippen LogP contribution in [0.15, 0.2) is 60.8 Å². The summed E-state index contributed by atoms with van der Waals surface area (Å²) < 4.78 is 27.1. The van der Waals surface area contributed by atoms with Crippen LogP contribution in [0, 0.1) is 0 Å².